The van der Waals surface area contributed by atoms with Crippen molar-refractivity contribution in [2.24, 2.45) is 0 Å². The number of fused-ring (bicyclic) bond motifs is 3. The number of nitrogens with one attached hydrogen (secondary N) is 1. The van der Waals surface area contributed by atoms with E-state index >= 15 is 0 Å². The Morgan fingerprint density at radius 1 is 1.14 bits per heavy atom. The molecular weight excluding hydrogens is 314 g/mol. The topological polar surface area (TPSA) is 37.8 Å². The molecule has 3 aromatic rings. The number of rotatable bonds is 4. The summed E-state index contributed by atoms with van der Waals surface area (Å²) in [6.45, 7) is 0.844. The number of benzene rings is 1. The zero-order valence-corrected chi connectivity index (χ0v) is 13.7. The molecule has 3 nitrogen and oxygen atoms in total. The summed E-state index contributed by atoms with van der Waals surface area (Å²) >= 11 is 7.86. The summed E-state index contributed by atoms with van der Waals surface area (Å²) in [5.74, 6) is 0.894. The maximum absolute atomic E-state index is 6.09. The van der Waals surface area contributed by atoms with Crippen LogP contribution in [0.2, 0.25) is 5.28 Å². The van der Waals surface area contributed by atoms with Crippen LogP contribution in [0.15, 0.2) is 30.3 Å². The predicted molar refractivity (Wildman–Crippen MR) is 93.1 cm³/mol. The van der Waals surface area contributed by atoms with E-state index in [2.05, 4.69) is 39.6 Å². The first-order valence-corrected chi connectivity index (χ1v) is 8.76. The Bertz CT molecular complexity index is 814. The van der Waals surface area contributed by atoms with Crippen LogP contribution in [-0.2, 0) is 19.3 Å². The summed E-state index contributed by atoms with van der Waals surface area (Å²) in [7, 11) is 0. The van der Waals surface area contributed by atoms with E-state index in [9.17, 15) is 0 Å². The fourth-order valence-electron chi connectivity index (χ4n) is 3.07. The standard InChI is InChI=1S/C17H16ClN3S/c18-17-20-15(19-10-9-11-5-2-1-3-6-11)14-12-7-4-8-13(12)22-16(14)21-17/h1-3,5-6H,4,7-10H2,(H,19,20,21). The smallest absolute Gasteiger partial charge is 0.225 e. The molecular formula is C17H16ClN3S. The van der Waals surface area contributed by atoms with Crippen molar-refractivity contribution in [1.29, 1.82) is 0 Å². The number of aryl methyl sites for hydroxylation is 2. The van der Waals surface area contributed by atoms with Gasteiger partial charge in [0, 0.05) is 11.4 Å². The van der Waals surface area contributed by atoms with E-state index in [0.29, 0.717) is 5.28 Å². The molecule has 0 saturated heterocycles. The van der Waals surface area contributed by atoms with Crippen molar-refractivity contribution in [3.8, 4) is 0 Å². The largest absolute Gasteiger partial charge is 0.369 e. The van der Waals surface area contributed by atoms with Crippen molar-refractivity contribution in [1.82, 2.24) is 9.97 Å². The van der Waals surface area contributed by atoms with E-state index in [4.69, 9.17) is 11.6 Å². The molecule has 2 aromatic heterocycles. The molecule has 0 fully saturated rings. The molecule has 0 spiro atoms. The highest BCUT2D eigenvalue weighted by Gasteiger charge is 2.21. The van der Waals surface area contributed by atoms with E-state index in [1.807, 2.05) is 6.07 Å². The highest BCUT2D eigenvalue weighted by Crippen LogP contribution is 2.39. The quantitative estimate of drug-likeness (QED) is 0.717. The summed E-state index contributed by atoms with van der Waals surface area (Å²) in [6.07, 6.45) is 4.50. The van der Waals surface area contributed by atoms with Crippen molar-refractivity contribution in [2.45, 2.75) is 25.7 Å². The first kappa shape index (κ1) is 14.0. The van der Waals surface area contributed by atoms with Gasteiger partial charge < -0.3 is 5.32 Å². The Morgan fingerprint density at radius 3 is 2.86 bits per heavy atom. The number of anilines is 1. The third kappa shape index (κ3) is 2.57. The molecule has 0 bridgehead atoms. The first-order chi connectivity index (χ1) is 10.8. The van der Waals surface area contributed by atoms with Crippen LogP contribution in [0, 0.1) is 0 Å². The third-order valence-corrected chi connectivity index (χ3v) is 5.44. The zero-order valence-electron chi connectivity index (χ0n) is 12.1. The summed E-state index contributed by atoms with van der Waals surface area (Å²) in [5.41, 5.74) is 2.75. The van der Waals surface area contributed by atoms with Crippen LogP contribution in [0.5, 0.6) is 0 Å². The van der Waals surface area contributed by atoms with Gasteiger partial charge in [0.1, 0.15) is 10.6 Å². The van der Waals surface area contributed by atoms with Crippen molar-refractivity contribution in [3.05, 3.63) is 51.6 Å². The Morgan fingerprint density at radius 2 is 2.00 bits per heavy atom. The molecule has 0 amide bonds. The average Bonchev–Trinajstić information content (AvgIpc) is 3.08. The molecule has 0 radical (unpaired) electrons. The lowest BCUT2D eigenvalue weighted by Gasteiger charge is -2.08. The molecule has 0 atom stereocenters. The van der Waals surface area contributed by atoms with Gasteiger partial charge in [-0.25, -0.2) is 9.97 Å². The number of nitrogens with zero attached hydrogens (tertiary/aromatic N) is 2. The van der Waals surface area contributed by atoms with E-state index in [1.54, 1.807) is 11.3 Å². The van der Waals surface area contributed by atoms with Gasteiger partial charge in [-0.1, -0.05) is 30.3 Å². The van der Waals surface area contributed by atoms with Crippen LogP contribution >= 0.6 is 22.9 Å². The molecule has 1 aromatic carbocycles. The van der Waals surface area contributed by atoms with Crippen LogP contribution in [-0.4, -0.2) is 16.5 Å². The van der Waals surface area contributed by atoms with Gasteiger partial charge >= 0.3 is 0 Å². The highest BCUT2D eigenvalue weighted by molar-refractivity contribution is 7.19. The average molecular weight is 330 g/mol. The number of hydrogen-bond acceptors (Lipinski definition) is 4. The van der Waals surface area contributed by atoms with Crippen LogP contribution in [0.25, 0.3) is 10.2 Å². The molecule has 2 heterocycles. The number of aromatic nitrogens is 2. The molecule has 0 unspecified atom stereocenters. The summed E-state index contributed by atoms with van der Waals surface area (Å²) < 4.78 is 0. The Kier molecular flexibility index (Phi) is 3.72. The van der Waals surface area contributed by atoms with E-state index < -0.39 is 0 Å². The molecule has 1 N–H and O–H groups in total. The second-order valence-electron chi connectivity index (χ2n) is 5.54. The van der Waals surface area contributed by atoms with Crippen molar-refractivity contribution >= 4 is 39.0 Å². The lowest BCUT2D eigenvalue weighted by molar-refractivity contribution is 0.916. The molecule has 112 valence electrons. The van der Waals surface area contributed by atoms with Gasteiger partial charge in [-0.05, 0) is 48.4 Å². The third-order valence-electron chi connectivity index (χ3n) is 4.09. The molecule has 4 rings (SSSR count). The predicted octanol–water partition coefficient (Wildman–Crippen LogP) is 4.49. The van der Waals surface area contributed by atoms with E-state index in [-0.39, 0.29) is 0 Å². The van der Waals surface area contributed by atoms with E-state index in [1.165, 1.54) is 27.8 Å². The van der Waals surface area contributed by atoms with Crippen molar-refractivity contribution < 1.29 is 0 Å². The second-order valence-corrected chi connectivity index (χ2v) is 6.96. The van der Waals surface area contributed by atoms with Gasteiger partial charge in [-0.3, -0.25) is 0 Å². The molecule has 1 aliphatic rings. The number of hydrogen-bond donors (Lipinski definition) is 1. The van der Waals surface area contributed by atoms with Gasteiger partial charge in [0.15, 0.2) is 0 Å². The Balaban J connectivity index is 1.61. The van der Waals surface area contributed by atoms with Gasteiger partial charge in [0.05, 0.1) is 5.39 Å². The molecule has 22 heavy (non-hydrogen) atoms. The Labute approximate surface area is 138 Å². The Hall–Kier alpha value is -1.65. The van der Waals surface area contributed by atoms with Crippen LogP contribution in [0.3, 0.4) is 0 Å². The molecule has 0 aliphatic heterocycles. The molecule has 0 saturated carbocycles. The van der Waals surface area contributed by atoms with Crippen LogP contribution < -0.4 is 5.32 Å². The first-order valence-electron chi connectivity index (χ1n) is 7.57. The maximum Gasteiger partial charge on any atom is 0.225 e. The van der Waals surface area contributed by atoms with Gasteiger partial charge in [0.25, 0.3) is 0 Å². The summed E-state index contributed by atoms with van der Waals surface area (Å²) in [4.78, 5) is 11.3. The molecule has 5 heteroatoms. The van der Waals surface area contributed by atoms with Gasteiger partial charge in [-0.2, -0.15) is 0 Å². The molecule has 1 aliphatic carbocycles. The van der Waals surface area contributed by atoms with Gasteiger partial charge in [-0.15, -0.1) is 11.3 Å². The van der Waals surface area contributed by atoms with Gasteiger partial charge in [0.2, 0.25) is 5.28 Å². The lowest BCUT2D eigenvalue weighted by atomic mass is 10.1. The van der Waals surface area contributed by atoms with Crippen molar-refractivity contribution in [2.75, 3.05) is 11.9 Å². The van der Waals surface area contributed by atoms with Crippen molar-refractivity contribution in [3.63, 3.8) is 0 Å². The number of halogens is 1. The fourth-order valence-corrected chi connectivity index (χ4v) is 4.55. The maximum atomic E-state index is 6.09. The lowest BCUT2D eigenvalue weighted by Crippen LogP contribution is -2.07. The zero-order chi connectivity index (χ0) is 14.9. The normalized spacial score (nSPS) is 13.5. The summed E-state index contributed by atoms with van der Waals surface area (Å²) in [5, 5.41) is 4.98. The van der Waals surface area contributed by atoms with E-state index in [0.717, 1.165) is 36.5 Å². The monoisotopic (exact) mass is 329 g/mol. The van der Waals surface area contributed by atoms with Crippen LogP contribution in [0.1, 0.15) is 22.4 Å². The number of thiophene rings is 1. The fraction of sp³-hybridized carbons (Fsp3) is 0.294. The van der Waals surface area contributed by atoms with Crippen LogP contribution in [0.4, 0.5) is 5.82 Å². The SMILES string of the molecule is Clc1nc(NCCc2ccccc2)c2c3c(sc2n1)CCC3. The second kappa shape index (κ2) is 5.86. The summed E-state index contributed by atoms with van der Waals surface area (Å²) in [6, 6.07) is 10.5. The minimum Gasteiger partial charge on any atom is -0.369 e. The minimum absolute atomic E-state index is 0.328. The minimum atomic E-state index is 0.328. The highest BCUT2D eigenvalue weighted by atomic mass is 35.5.